The Labute approximate surface area is 157 Å². The maximum absolute atomic E-state index is 13.5. The average molecular weight is 392 g/mol. The zero-order valence-corrected chi connectivity index (χ0v) is 14.7. The summed E-state index contributed by atoms with van der Waals surface area (Å²) >= 11 is 1.49. The molecule has 1 heterocycles. The summed E-state index contributed by atoms with van der Waals surface area (Å²) in [6.45, 7) is -0.674. The van der Waals surface area contributed by atoms with Gasteiger partial charge in [-0.3, -0.25) is 9.59 Å². The van der Waals surface area contributed by atoms with Crippen molar-refractivity contribution in [3.63, 3.8) is 0 Å². The molecule has 0 atom stereocenters. The number of esters is 1. The van der Waals surface area contributed by atoms with Crippen molar-refractivity contribution in [3.05, 3.63) is 53.6 Å². The van der Waals surface area contributed by atoms with E-state index in [4.69, 9.17) is 4.74 Å². The van der Waals surface area contributed by atoms with E-state index in [1.54, 1.807) is 6.07 Å². The maximum Gasteiger partial charge on any atom is 0.338 e. The summed E-state index contributed by atoms with van der Waals surface area (Å²) in [5, 5.41) is 4.83. The number of fused-ring (bicyclic) bond motifs is 1. The summed E-state index contributed by atoms with van der Waals surface area (Å²) in [7, 11) is 0. The molecule has 0 aromatic heterocycles. The molecule has 9 heteroatoms. The Morgan fingerprint density at radius 2 is 2.00 bits per heavy atom. The standard InChI is InChI=1S/C18H14F2N2O4S/c19-11-2-3-12(20)13(8-11)21-17(24)9-26-18(25)10-1-4-15-14(7-10)22-16(23)5-6-27-15/h1-4,7-8H,5-6,9H2,(H,21,24)(H,22,23). The molecule has 1 aliphatic rings. The van der Waals surface area contributed by atoms with E-state index in [0.717, 1.165) is 23.1 Å². The first kappa shape index (κ1) is 18.8. The molecule has 2 aromatic carbocycles. The zero-order chi connectivity index (χ0) is 19.4. The van der Waals surface area contributed by atoms with Crippen LogP contribution >= 0.6 is 11.8 Å². The van der Waals surface area contributed by atoms with Gasteiger partial charge >= 0.3 is 5.97 Å². The second-order valence-electron chi connectivity index (χ2n) is 5.61. The lowest BCUT2D eigenvalue weighted by Crippen LogP contribution is -2.21. The van der Waals surface area contributed by atoms with Crippen LogP contribution < -0.4 is 10.6 Å². The number of rotatable bonds is 4. The van der Waals surface area contributed by atoms with E-state index < -0.39 is 30.1 Å². The lowest BCUT2D eigenvalue weighted by atomic mass is 10.2. The molecule has 0 spiro atoms. The fourth-order valence-corrected chi connectivity index (χ4v) is 3.28. The number of amides is 2. The number of ether oxygens (including phenoxy) is 1. The van der Waals surface area contributed by atoms with E-state index in [1.807, 2.05) is 0 Å². The van der Waals surface area contributed by atoms with Crippen molar-refractivity contribution in [2.75, 3.05) is 23.0 Å². The zero-order valence-electron chi connectivity index (χ0n) is 13.9. The predicted molar refractivity (Wildman–Crippen MR) is 95.7 cm³/mol. The molecule has 3 rings (SSSR count). The highest BCUT2D eigenvalue weighted by Gasteiger charge is 2.17. The van der Waals surface area contributed by atoms with Gasteiger partial charge in [-0.1, -0.05) is 0 Å². The molecule has 0 fully saturated rings. The number of benzene rings is 2. The van der Waals surface area contributed by atoms with Gasteiger partial charge in [0.05, 0.1) is 16.9 Å². The van der Waals surface area contributed by atoms with E-state index in [1.165, 1.54) is 23.9 Å². The van der Waals surface area contributed by atoms with Crippen LogP contribution in [0.3, 0.4) is 0 Å². The fourth-order valence-electron chi connectivity index (χ4n) is 2.34. The van der Waals surface area contributed by atoms with Gasteiger partial charge in [-0.25, -0.2) is 13.6 Å². The summed E-state index contributed by atoms with van der Waals surface area (Å²) in [6, 6.07) is 7.29. The normalized spacial score (nSPS) is 13.2. The first-order valence-electron chi connectivity index (χ1n) is 7.91. The van der Waals surface area contributed by atoms with Crippen LogP contribution in [-0.4, -0.2) is 30.1 Å². The summed E-state index contributed by atoms with van der Waals surface area (Å²) in [5.41, 5.74) is 0.310. The molecule has 0 bridgehead atoms. The van der Waals surface area contributed by atoms with Crippen LogP contribution in [0.1, 0.15) is 16.8 Å². The second kappa shape index (κ2) is 8.17. The Balaban J connectivity index is 1.61. The minimum absolute atomic E-state index is 0.150. The SMILES string of the molecule is O=C(COC(=O)c1ccc2c(c1)NC(=O)CCS2)Nc1cc(F)ccc1F. The molecule has 2 amide bonds. The lowest BCUT2D eigenvalue weighted by molar-refractivity contribution is -0.119. The largest absolute Gasteiger partial charge is 0.452 e. The number of nitrogens with one attached hydrogen (secondary N) is 2. The van der Waals surface area contributed by atoms with Gasteiger partial charge in [0.15, 0.2) is 6.61 Å². The molecule has 2 N–H and O–H groups in total. The number of carbonyl (C=O) groups is 3. The third kappa shape index (κ3) is 4.82. The molecular weight excluding hydrogens is 378 g/mol. The van der Waals surface area contributed by atoms with Gasteiger partial charge in [0.25, 0.3) is 5.91 Å². The van der Waals surface area contributed by atoms with Crippen LogP contribution in [-0.2, 0) is 14.3 Å². The molecular formula is C18H14F2N2O4S. The number of carbonyl (C=O) groups excluding carboxylic acids is 3. The minimum atomic E-state index is -0.813. The third-order valence-corrected chi connectivity index (χ3v) is 4.69. The number of thioether (sulfide) groups is 1. The Kier molecular flexibility index (Phi) is 5.70. The van der Waals surface area contributed by atoms with Crippen molar-refractivity contribution in [2.45, 2.75) is 11.3 Å². The van der Waals surface area contributed by atoms with E-state index >= 15 is 0 Å². The number of anilines is 2. The van der Waals surface area contributed by atoms with E-state index in [0.29, 0.717) is 17.9 Å². The summed E-state index contributed by atoms with van der Waals surface area (Å²) in [6.07, 6.45) is 0.371. The molecule has 0 unspecified atom stereocenters. The Hall–Kier alpha value is -2.94. The van der Waals surface area contributed by atoms with Gasteiger partial charge in [0, 0.05) is 23.1 Å². The number of hydrogen-bond donors (Lipinski definition) is 2. The lowest BCUT2D eigenvalue weighted by Gasteiger charge is -2.10. The molecule has 27 heavy (non-hydrogen) atoms. The number of halogens is 2. The second-order valence-corrected chi connectivity index (χ2v) is 6.74. The molecule has 1 aliphatic heterocycles. The monoisotopic (exact) mass is 392 g/mol. The smallest absolute Gasteiger partial charge is 0.338 e. The summed E-state index contributed by atoms with van der Waals surface area (Å²) in [5.74, 6) is -2.63. The van der Waals surface area contributed by atoms with E-state index in [9.17, 15) is 23.2 Å². The van der Waals surface area contributed by atoms with Crippen LogP contribution in [0.2, 0.25) is 0 Å². The van der Waals surface area contributed by atoms with Crippen molar-refractivity contribution < 1.29 is 27.9 Å². The minimum Gasteiger partial charge on any atom is -0.452 e. The highest BCUT2D eigenvalue weighted by Crippen LogP contribution is 2.31. The molecule has 2 aromatic rings. The molecule has 140 valence electrons. The van der Waals surface area contributed by atoms with Crippen molar-refractivity contribution >= 4 is 40.9 Å². The van der Waals surface area contributed by atoms with Crippen LogP contribution in [0.5, 0.6) is 0 Å². The van der Waals surface area contributed by atoms with Gasteiger partial charge in [0.1, 0.15) is 11.6 Å². The van der Waals surface area contributed by atoms with Crippen molar-refractivity contribution in [2.24, 2.45) is 0 Å². The molecule has 0 aliphatic carbocycles. The maximum atomic E-state index is 13.5. The quantitative estimate of drug-likeness (QED) is 0.781. The first-order valence-corrected chi connectivity index (χ1v) is 8.89. The Morgan fingerprint density at radius 3 is 2.81 bits per heavy atom. The van der Waals surface area contributed by atoms with Gasteiger partial charge in [0.2, 0.25) is 5.91 Å². The highest BCUT2D eigenvalue weighted by atomic mass is 32.2. The summed E-state index contributed by atoms with van der Waals surface area (Å²) < 4.78 is 31.5. The van der Waals surface area contributed by atoms with Gasteiger partial charge in [-0.05, 0) is 30.3 Å². The van der Waals surface area contributed by atoms with E-state index in [2.05, 4.69) is 10.6 Å². The molecule has 0 saturated heterocycles. The molecule has 0 saturated carbocycles. The van der Waals surface area contributed by atoms with E-state index in [-0.39, 0.29) is 17.2 Å². The fraction of sp³-hybridized carbons (Fsp3) is 0.167. The van der Waals surface area contributed by atoms with Gasteiger partial charge < -0.3 is 15.4 Å². The van der Waals surface area contributed by atoms with Crippen molar-refractivity contribution in [1.82, 2.24) is 0 Å². The Bertz CT molecular complexity index is 920. The van der Waals surface area contributed by atoms with Crippen LogP contribution in [0.4, 0.5) is 20.2 Å². The van der Waals surface area contributed by atoms with Crippen molar-refractivity contribution in [3.8, 4) is 0 Å². The molecule has 0 radical (unpaired) electrons. The van der Waals surface area contributed by atoms with Gasteiger partial charge in [-0.2, -0.15) is 0 Å². The van der Waals surface area contributed by atoms with Gasteiger partial charge in [-0.15, -0.1) is 11.8 Å². The third-order valence-electron chi connectivity index (χ3n) is 3.61. The predicted octanol–water partition coefficient (Wildman–Crippen LogP) is 3.19. The Morgan fingerprint density at radius 1 is 1.19 bits per heavy atom. The summed E-state index contributed by atoms with van der Waals surface area (Å²) in [4.78, 5) is 36.4. The molecule has 6 nitrogen and oxygen atoms in total. The topological polar surface area (TPSA) is 84.5 Å². The average Bonchev–Trinajstić information content (AvgIpc) is 2.82. The van der Waals surface area contributed by atoms with Crippen molar-refractivity contribution in [1.29, 1.82) is 0 Å². The van der Waals surface area contributed by atoms with Crippen LogP contribution in [0.25, 0.3) is 0 Å². The highest BCUT2D eigenvalue weighted by molar-refractivity contribution is 7.99. The van der Waals surface area contributed by atoms with Crippen LogP contribution in [0.15, 0.2) is 41.3 Å². The van der Waals surface area contributed by atoms with Crippen LogP contribution in [0, 0.1) is 11.6 Å². The number of hydrogen-bond acceptors (Lipinski definition) is 5. The first-order chi connectivity index (χ1) is 12.9.